The third-order valence-electron chi connectivity index (χ3n) is 3.95. The van der Waals surface area contributed by atoms with Gasteiger partial charge in [-0.1, -0.05) is 38.3 Å². The summed E-state index contributed by atoms with van der Waals surface area (Å²) in [6.45, 7) is 3.86. The molecule has 0 aromatic carbocycles. The molecule has 1 aliphatic rings. The van der Waals surface area contributed by atoms with Crippen LogP contribution in [0.3, 0.4) is 0 Å². The predicted molar refractivity (Wildman–Crippen MR) is 73.8 cm³/mol. The molecule has 0 aromatic heterocycles. The molecule has 0 saturated heterocycles. The Kier molecular flexibility index (Phi) is 6.01. The zero-order valence-electron chi connectivity index (χ0n) is 11.9. The Balaban J connectivity index is 2.57. The first-order chi connectivity index (χ1) is 8.87. The van der Waals surface area contributed by atoms with Crippen molar-refractivity contribution in [3.05, 3.63) is 12.2 Å². The maximum absolute atomic E-state index is 11.1. The molecule has 0 radical (unpaired) electrons. The number of carboxylic acids is 1. The SMILES string of the molecule is CCCCCC(C)(O)C=CC1CCC(O)C1C(=O)O. The second-order valence-corrected chi connectivity index (χ2v) is 5.85. The largest absolute Gasteiger partial charge is 0.481 e. The summed E-state index contributed by atoms with van der Waals surface area (Å²) < 4.78 is 0. The molecule has 4 nitrogen and oxygen atoms in total. The number of rotatable bonds is 7. The summed E-state index contributed by atoms with van der Waals surface area (Å²) in [5.41, 5.74) is -0.883. The maximum atomic E-state index is 11.1. The van der Waals surface area contributed by atoms with Gasteiger partial charge in [-0.25, -0.2) is 0 Å². The van der Waals surface area contributed by atoms with Gasteiger partial charge in [-0.3, -0.25) is 4.79 Å². The van der Waals surface area contributed by atoms with Crippen molar-refractivity contribution >= 4 is 5.97 Å². The second-order valence-electron chi connectivity index (χ2n) is 5.85. The Morgan fingerprint density at radius 1 is 1.37 bits per heavy atom. The molecule has 4 unspecified atom stereocenters. The Labute approximate surface area is 115 Å². The zero-order valence-corrected chi connectivity index (χ0v) is 11.9. The summed E-state index contributed by atoms with van der Waals surface area (Å²) in [4.78, 5) is 11.1. The number of unbranched alkanes of at least 4 members (excludes halogenated alkanes) is 2. The minimum absolute atomic E-state index is 0.176. The molecule has 0 spiro atoms. The van der Waals surface area contributed by atoms with Gasteiger partial charge >= 0.3 is 5.97 Å². The molecule has 0 bridgehead atoms. The molecular weight excluding hydrogens is 244 g/mol. The van der Waals surface area contributed by atoms with E-state index in [4.69, 9.17) is 5.11 Å². The van der Waals surface area contributed by atoms with Gasteiger partial charge < -0.3 is 15.3 Å². The van der Waals surface area contributed by atoms with Crippen LogP contribution in [0.2, 0.25) is 0 Å². The number of aliphatic carboxylic acids is 1. The fourth-order valence-corrected chi connectivity index (χ4v) is 2.72. The fourth-order valence-electron chi connectivity index (χ4n) is 2.72. The van der Waals surface area contributed by atoms with Crippen LogP contribution in [-0.4, -0.2) is 33.0 Å². The fraction of sp³-hybridized carbons (Fsp3) is 0.800. The van der Waals surface area contributed by atoms with Crippen LogP contribution in [0.1, 0.15) is 52.4 Å². The van der Waals surface area contributed by atoms with E-state index in [2.05, 4.69) is 6.92 Å². The van der Waals surface area contributed by atoms with E-state index in [-0.39, 0.29) is 5.92 Å². The van der Waals surface area contributed by atoms with E-state index >= 15 is 0 Å². The van der Waals surface area contributed by atoms with Gasteiger partial charge in [-0.15, -0.1) is 0 Å². The Bertz CT molecular complexity index is 322. The van der Waals surface area contributed by atoms with E-state index in [0.717, 1.165) is 19.3 Å². The minimum atomic E-state index is -0.953. The molecule has 0 heterocycles. The van der Waals surface area contributed by atoms with Crippen LogP contribution in [-0.2, 0) is 4.79 Å². The maximum Gasteiger partial charge on any atom is 0.309 e. The zero-order chi connectivity index (χ0) is 14.5. The van der Waals surface area contributed by atoms with Crippen molar-refractivity contribution in [3.63, 3.8) is 0 Å². The van der Waals surface area contributed by atoms with Crippen LogP contribution in [0, 0.1) is 11.8 Å². The lowest BCUT2D eigenvalue weighted by Gasteiger charge is -2.20. The van der Waals surface area contributed by atoms with Gasteiger partial charge in [0.15, 0.2) is 0 Å². The first-order valence-electron chi connectivity index (χ1n) is 7.20. The van der Waals surface area contributed by atoms with E-state index in [1.165, 1.54) is 0 Å². The molecule has 1 saturated carbocycles. The van der Waals surface area contributed by atoms with Gasteiger partial charge in [0.25, 0.3) is 0 Å². The number of hydrogen-bond donors (Lipinski definition) is 3. The molecule has 1 aliphatic carbocycles. The lowest BCUT2D eigenvalue weighted by atomic mass is 9.91. The van der Waals surface area contributed by atoms with E-state index in [9.17, 15) is 15.0 Å². The monoisotopic (exact) mass is 270 g/mol. The molecule has 0 aliphatic heterocycles. The highest BCUT2D eigenvalue weighted by atomic mass is 16.4. The first kappa shape index (κ1) is 16.2. The van der Waals surface area contributed by atoms with Crippen LogP contribution in [0.5, 0.6) is 0 Å². The molecule has 4 heteroatoms. The molecule has 0 amide bonds. The van der Waals surface area contributed by atoms with Gasteiger partial charge in [0.2, 0.25) is 0 Å². The van der Waals surface area contributed by atoms with E-state index in [0.29, 0.717) is 19.3 Å². The molecule has 3 N–H and O–H groups in total. The van der Waals surface area contributed by atoms with Crippen LogP contribution < -0.4 is 0 Å². The molecule has 19 heavy (non-hydrogen) atoms. The molecular formula is C15H26O4. The minimum Gasteiger partial charge on any atom is -0.481 e. The summed E-state index contributed by atoms with van der Waals surface area (Å²) in [5.74, 6) is -1.86. The Morgan fingerprint density at radius 3 is 2.63 bits per heavy atom. The number of allylic oxidation sites excluding steroid dienone is 1. The lowest BCUT2D eigenvalue weighted by molar-refractivity contribution is -0.145. The molecule has 1 rings (SSSR count). The third kappa shape index (κ3) is 4.96. The van der Waals surface area contributed by atoms with Crippen LogP contribution >= 0.6 is 0 Å². The summed E-state index contributed by atoms with van der Waals surface area (Å²) in [5, 5.41) is 29.0. The average Bonchev–Trinajstić information content (AvgIpc) is 2.68. The molecule has 4 atom stereocenters. The van der Waals surface area contributed by atoms with E-state index in [1.807, 2.05) is 0 Å². The summed E-state index contributed by atoms with van der Waals surface area (Å²) >= 11 is 0. The third-order valence-corrected chi connectivity index (χ3v) is 3.95. The summed E-state index contributed by atoms with van der Waals surface area (Å²) in [6.07, 6.45) is 7.75. The number of aliphatic hydroxyl groups excluding tert-OH is 1. The number of carboxylic acid groups (broad SMARTS) is 1. The summed E-state index contributed by atoms with van der Waals surface area (Å²) in [6, 6.07) is 0. The highest BCUT2D eigenvalue weighted by Crippen LogP contribution is 2.34. The number of carbonyl (C=O) groups is 1. The van der Waals surface area contributed by atoms with Gasteiger partial charge in [0.1, 0.15) is 0 Å². The van der Waals surface area contributed by atoms with Gasteiger partial charge in [-0.2, -0.15) is 0 Å². The number of hydrogen-bond acceptors (Lipinski definition) is 3. The van der Waals surface area contributed by atoms with Crippen LogP contribution in [0.15, 0.2) is 12.2 Å². The van der Waals surface area contributed by atoms with Crippen molar-refractivity contribution in [2.45, 2.75) is 64.1 Å². The lowest BCUT2D eigenvalue weighted by Crippen LogP contribution is -2.27. The van der Waals surface area contributed by atoms with Crippen molar-refractivity contribution in [3.8, 4) is 0 Å². The second kappa shape index (κ2) is 7.06. The van der Waals surface area contributed by atoms with Crippen LogP contribution in [0.25, 0.3) is 0 Å². The molecule has 1 fully saturated rings. The van der Waals surface area contributed by atoms with Crippen molar-refractivity contribution in [1.29, 1.82) is 0 Å². The predicted octanol–water partition coefficient (Wildman–Crippen LogP) is 2.35. The highest BCUT2D eigenvalue weighted by molar-refractivity contribution is 5.72. The van der Waals surface area contributed by atoms with Crippen molar-refractivity contribution < 1.29 is 20.1 Å². The van der Waals surface area contributed by atoms with Gasteiger partial charge in [-0.05, 0) is 32.1 Å². The first-order valence-corrected chi connectivity index (χ1v) is 7.20. The van der Waals surface area contributed by atoms with Gasteiger partial charge in [0, 0.05) is 0 Å². The van der Waals surface area contributed by atoms with E-state index in [1.54, 1.807) is 19.1 Å². The standard InChI is InChI=1S/C15H26O4/c1-3-4-5-9-15(2,19)10-8-11-6-7-12(16)13(11)14(17)18/h8,10-13,16,19H,3-7,9H2,1-2H3,(H,17,18). The normalized spacial score (nSPS) is 30.6. The average molecular weight is 270 g/mol. The topological polar surface area (TPSA) is 77.8 Å². The number of aliphatic hydroxyl groups is 2. The quantitative estimate of drug-likeness (QED) is 0.490. The smallest absolute Gasteiger partial charge is 0.309 e. The van der Waals surface area contributed by atoms with Crippen LogP contribution in [0.4, 0.5) is 0 Å². The van der Waals surface area contributed by atoms with Crippen molar-refractivity contribution in [1.82, 2.24) is 0 Å². The molecule has 110 valence electrons. The Hall–Kier alpha value is -0.870. The van der Waals surface area contributed by atoms with Gasteiger partial charge in [0.05, 0.1) is 17.6 Å². The highest BCUT2D eigenvalue weighted by Gasteiger charge is 2.39. The van der Waals surface area contributed by atoms with Crippen molar-refractivity contribution in [2.75, 3.05) is 0 Å². The summed E-state index contributed by atoms with van der Waals surface area (Å²) in [7, 11) is 0. The van der Waals surface area contributed by atoms with Crippen molar-refractivity contribution in [2.24, 2.45) is 11.8 Å². The molecule has 0 aromatic rings. The van der Waals surface area contributed by atoms with E-state index < -0.39 is 23.6 Å². The Morgan fingerprint density at radius 2 is 2.05 bits per heavy atom.